The molecule has 3 aromatic rings. The Balaban J connectivity index is 1.48. The highest BCUT2D eigenvalue weighted by Crippen LogP contribution is 2.18. The quantitative estimate of drug-likeness (QED) is 0.416. The molecule has 0 heterocycles. The van der Waals surface area contributed by atoms with E-state index in [-0.39, 0.29) is 11.9 Å². The van der Waals surface area contributed by atoms with Gasteiger partial charge < -0.3 is 14.2 Å². The normalized spacial score (nSPS) is 10.2. The van der Waals surface area contributed by atoms with Gasteiger partial charge in [-0.2, -0.15) is 0 Å². The molecule has 0 aromatic heterocycles. The second kappa shape index (κ2) is 10.1. The smallest absolute Gasteiger partial charge is 0.343 e. The number of ether oxygens (including phenoxy) is 3. The minimum Gasteiger partial charge on any atom is -0.489 e. The lowest BCUT2D eigenvalue weighted by Gasteiger charge is -2.09. The second-order valence-electron chi connectivity index (χ2n) is 6.41. The third kappa shape index (κ3) is 6.21. The first kappa shape index (κ1) is 20.1. The summed E-state index contributed by atoms with van der Waals surface area (Å²) in [6.07, 6.45) is 0.994. The van der Waals surface area contributed by atoms with Crippen molar-refractivity contribution in [3.8, 4) is 11.5 Å². The van der Waals surface area contributed by atoms with Crippen LogP contribution in [-0.4, -0.2) is 19.0 Å². The summed E-state index contributed by atoms with van der Waals surface area (Å²) in [6, 6.07) is 23.7. The standard InChI is InChI=1S/C24H22O5/c1-27-23(25)16-11-18-7-12-21(13-8-18)28-17-19-9-14-22(15-10-19)29-24(26)20-5-3-2-4-6-20/h2-10,12-15H,11,16-17H2,1H3. The van der Waals surface area contributed by atoms with Gasteiger partial charge in [0.05, 0.1) is 12.7 Å². The molecule has 0 saturated heterocycles. The Morgan fingerprint density at radius 3 is 2.03 bits per heavy atom. The zero-order valence-corrected chi connectivity index (χ0v) is 16.2. The Bertz CT molecular complexity index is 931. The van der Waals surface area contributed by atoms with Crippen molar-refractivity contribution in [2.24, 2.45) is 0 Å². The number of esters is 2. The van der Waals surface area contributed by atoms with Gasteiger partial charge in [-0.25, -0.2) is 4.79 Å². The first-order valence-electron chi connectivity index (χ1n) is 9.29. The molecule has 3 rings (SSSR count). The molecule has 148 valence electrons. The van der Waals surface area contributed by atoms with Crippen molar-refractivity contribution in [1.29, 1.82) is 0 Å². The maximum absolute atomic E-state index is 12.1. The Morgan fingerprint density at radius 1 is 0.759 bits per heavy atom. The van der Waals surface area contributed by atoms with Crippen LogP contribution in [0.25, 0.3) is 0 Å². The highest BCUT2D eigenvalue weighted by molar-refractivity contribution is 5.90. The Hall–Kier alpha value is -3.60. The average Bonchev–Trinajstić information content (AvgIpc) is 2.78. The van der Waals surface area contributed by atoms with Crippen LogP contribution in [0.15, 0.2) is 78.9 Å². The van der Waals surface area contributed by atoms with Gasteiger partial charge in [-0.3, -0.25) is 4.79 Å². The van der Waals surface area contributed by atoms with Crippen LogP contribution in [0, 0.1) is 0 Å². The maximum atomic E-state index is 12.1. The van der Waals surface area contributed by atoms with Crippen LogP contribution in [0.4, 0.5) is 0 Å². The summed E-state index contributed by atoms with van der Waals surface area (Å²) in [5.41, 5.74) is 2.52. The van der Waals surface area contributed by atoms with Gasteiger partial charge >= 0.3 is 11.9 Å². The Labute approximate surface area is 169 Å². The van der Waals surface area contributed by atoms with E-state index in [1.807, 2.05) is 42.5 Å². The highest BCUT2D eigenvalue weighted by Gasteiger charge is 2.08. The van der Waals surface area contributed by atoms with Crippen LogP contribution in [0.5, 0.6) is 11.5 Å². The fraction of sp³-hybridized carbons (Fsp3) is 0.167. The van der Waals surface area contributed by atoms with Crippen molar-refractivity contribution in [1.82, 2.24) is 0 Å². The van der Waals surface area contributed by atoms with Gasteiger partial charge in [-0.1, -0.05) is 42.5 Å². The van der Waals surface area contributed by atoms with E-state index in [2.05, 4.69) is 4.74 Å². The van der Waals surface area contributed by atoms with Gasteiger partial charge in [-0.15, -0.1) is 0 Å². The number of carbonyl (C=O) groups is 2. The van der Waals surface area contributed by atoms with Crippen LogP contribution in [-0.2, 0) is 22.6 Å². The molecule has 0 fully saturated rings. The first-order chi connectivity index (χ1) is 14.1. The largest absolute Gasteiger partial charge is 0.489 e. The van der Waals surface area contributed by atoms with Crippen molar-refractivity contribution < 1.29 is 23.8 Å². The molecular formula is C24H22O5. The van der Waals surface area contributed by atoms with Gasteiger partial charge in [0.2, 0.25) is 0 Å². The van der Waals surface area contributed by atoms with Crippen LogP contribution < -0.4 is 9.47 Å². The van der Waals surface area contributed by atoms with Gasteiger partial charge in [0, 0.05) is 6.42 Å². The van der Waals surface area contributed by atoms with Crippen molar-refractivity contribution in [2.45, 2.75) is 19.4 Å². The molecule has 0 bridgehead atoms. The first-order valence-corrected chi connectivity index (χ1v) is 9.29. The molecular weight excluding hydrogens is 368 g/mol. The summed E-state index contributed by atoms with van der Waals surface area (Å²) in [5, 5.41) is 0. The zero-order chi connectivity index (χ0) is 20.5. The van der Waals surface area contributed by atoms with Gasteiger partial charge in [0.15, 0.2) is 0 Å². The summed E-state index contributed by atoms with van der Waals surface area (Å²) in [6.45, 7) is 0.397. The number of carbonyl (C=O) groups excluding carboxylic acids is 2. The molecule has 0 amide bonds. The van der Waals surface area contributed by atoms with Crippen LogP contribution >= 0.6 is 0 Å². The number of methoxy groups -OCH3 is 1. The topological polar surface area (TPSA) is 61.8 Å². The number of aryl methyl sites for hydroxylation is 1. The molecule has 0 radical (unpaired) electrons. The third-order valence-electron chi connectivity index (χ3n) is 4.32. The fourth-order valence-corrected chi connectivity index (χ4v) is 2.66. The van der Waals surface area contributed by atoms with Crippen molar-refractivity contribution >= 4 is 11.9 Å². The molecule has 0 unspecified atom stereocenters. The van der Waals surface area contributed by atoms with Gasteiger partial charge in [0.25, 0.3) is 0 Å². The number of benzene rings is 3. The van der Waals surface area contributed by atoms with Crippen LogP contribution in [0.3, 0.4) is 0 Å². The summed E-state index contributed by atoms with van der Waals surface area (Å²) in [7, 11) is 1.39. The maximum Gasteiger partial charge on any atom is 0.343 e. The molecule has 0 atom stereocenters. The Morgan fingerprint density at radius 2 is 1.38 bits per heavy atom. The molecule has 0 aliphatic rings. The summed E-state index contributed by atoms with van der Waals surface area (Å²) >= 11 is 0. The van der Waals surface area contributed by atoms with E-state index >= 15 is 0 Å². The SMILES string of the molecule is COC(=O)CCc1ccc(OCc2ccc(OC(=O)c3ccccc3)cc2)cc1. The lowest BCUT2D eigenvalue weighted by atomic mass is 10.1. The van der Waals surface area contributed by atoms with E-state index < -0.39 is 0 Å². The van der Waals surface area contributed by atoms with Crippen LogP contribution in [0.2, 0.25) is 0 Å². The zero-order valence-electron chi connectivity index (χ0n) is 16.2. The van der Waals surface area contributed by atoms with E-state index in [0.717, 1.165) is 16.9 Å². The molecule has 0 saturated carbocycles. The molecule has 0 N–H and O–H groups in total. The van der Waals surface area contributed by atoms with E-state index in [9.17, 15) is 9.59 Å². The summed E-state index contributed by atoms with van der Waals surface area (Å²) in [5.74, 6) is 0.620. The lowest BCUT2D eigenvalue weighted by molar-refractivity contribution is -0.140. The minimum absolute atomic E-state index is 0.219. The highest BCUT2D eigenvalue weighted by atomic mass is 16.5. The summed E-state index contributed by atoms with van der Waals surface area (Å²) in [4.78, 5) is 23.3. The van der Waals surface area contributed by atoms with E-state index in [1.54, 1.807) is 36.4 Å². The Kier molecular flexibility index (Phi) is 7.00. The molecule has 0 aliphatic heterocycles. The monoisotopic (exact) mass is 390 g/mol. The van der Waals surface area contributed by atoms with Crippen molar-refractivity contribution in [3.05, 3.63) is 95.6 Å². The molecule has 5 heteroatoms. The predicted molar refractivity (Wildman–Crippen MR) is 109 cm³/mol. The van der Waals surface area contributed by atoms with Crippen LogP contribution in [0.1, 0.15) is 27.9 Å². The van der Waals surface area contributed by atoms with E-state index in [0.29, 0.717) is 30.8 Å². The van der Waals surface area contributed by atoms with E-state index in [1.165, 1.54) is 7.11 Å². The molecule has 3 aromatic carbocycles. The van der Waals surface area contributed by atoms with Crippen molar-refractivity contribution in [2.75, 3.05) is 7.11 Å². The summed E-state index contributed by atoms with van der Waals surface area (Å²) < 4.78 is 15.8. The lowest BCUT2D eigenvalue weighted by Crippen LogP contribution is -2.08. The van der Waals surface area contributed by atoms with E-state index in [4.69, 9.17) is 9.47 Å². The average molecular weight is 390 g/mol. The molecule has 5 nitrogen and oxygen atoms in total. The number of hydrogen-bond donors (Lipinski definition) is 0. The third-order valence-corrected chi connectivity index (χ3v) is 4.32. The molecule has 0 aliphatic carbocycles. The second-order valence-corrected chi connectivity index (χ2v) is 6.41. The van der Waals surface area contributed by atoms with Gasteiger partial charge in [-0.05, 0) is 53.9 Å². The number of hydrogen-bond acceptors (Lipinski definition) is 5. The minimum atomic E-state index is -0.387. The van der Waals surface area contributed by atoms with Crippen molar-refractivity contribution in [3.63, 3.8) is 0 Å². The van der Waals surface area contributed by atoms with Gasteiger partial charge in [0.1, 0.15) is 18.1 Å². The molecule has 0 spiro atoms. The number of rotatable bonds is 8. The fourth-order valence-electron chi connectivity index (χ4n) is 2.66. The molecule has 29 heavy (non-hydrogen) atoms. The predicted octanol–water partition coefficient (Wildman–Crippen LogP) is 4.59.